The van der Waals surface area contributed by atoms with Crippen molar-refractivity contribution in [2.24, 2.45) is 11.8 Å². The minimum atomic E-state index is -0.416. The van der Waals surface area contributed by atoms with Gasteiger partial charge in [0.25, 0.3) is 0 Å². The zero-order valence-corrected chi connectivity index (χ0v) is 10.6. The van der Waals surface area contributed by atoms with Crippen molar-refractivity contribution in [3.8, 4) is 0 Å². The third-order valence-electron chi connectivity index (χ3n) is 3.72. The van der Waals surface area contributed by atoms with Crippen LogP contribution in [-0.2, 0) is 19.1 Å². The van der Waals surface area contributed by atoms with Crippen molar-refractivity contribution < 1.29 is 19.1 Å². The molecular formula is C12H18N2O4. The Morgan fingerprint density at radius 2 is 2.11 bits per heavy atom. The molecule has 0 spiro atoms. The number of nitrogens with one attached hydrogen (secondary N) is 1. The van der Waals surface area contributed by atoms with Gasteiger partial charge in [0.1, 0.15) is 6.04 Å². The van der Waals surface area contributed by atoms with E-state index < -0.39 is 6.04 Å². The number of amides is 2. The van der Waals surface area contributed by atoms with Gasteiger partial charge >= 0.3 is 5.97 Å². The molecule has 6 heteroatoms. The molecule has 100 valence electrons. The number of methoxy groups -OCH3 is 1. The van der Waals surface area contributed by atoms with Gasteiger partial charge in [0.2, 0.25) is 11.8 Å². The van der Waals surface area contributed by atoms with Crippen LogP contribution in [0.25, 0.3) is 0 Å². The van der Waals surface area contributed by atoms with E-state index in [0.717, 1.165) is 0 Å². The van der Waals surface area contributed by atoms with E-state index in [9.17, 15) is 14.4 Å². The fourth-order valence-corrected chi connectivity index (χ4v) is 2.62. The van der Waals surface area contributed by atoms with Gasteiger partial charge in [-0.15, -0.1) is 0 Å². The summed E-state index contributed by atoms with van der Waals surface area (Å²) in [6, 6.07) is -0.416. The van der Waals surface area contributed by atoms with Crippen molar-refractivity contribution in [1.82, 2.24) is 10.2 Å². The van der Waals surface area contributed by atoms with E-state index >= 15 is 0 Å². The lowest BCUT2D eigenvalue weighted by Gasteiger charge is -2.20. The van der Waals surface area contributed by atoms with E-state index in [4.69, 9.17) is 4.74 Å². The first-order valence-electron chi connectivity index (χ1n) is 6.19. The summed E-state index contributed by atoms with van der Waals surface area (Å²) in [6.07, 6.45) is 0.950. The summed E-state index contributed by atoms with van der Waals surface area (Å²) in [5.74, 6) is -0.591. The molecule has 0 aliphatic carbocycles. The molecule has 2 aliphatic heterocycles. The minimum absolute atomic E-state index is 0.0786. The number of carbonyl (C=O) groups is 3. The van der Waals surface area contributed by atoms with E-state index in [1.54, 1.807) is 4.90 Å². The van der Waals surface area contributed by atoms with Crippen LogP contribution in [0.4, 0.5) is 0 Å². The van der Waals surface area contributed by atoms with Gasteiger partial charge in [-0.3, -0.25) is 14.4 Å². The van der Waals surface area contributed by atoms with E-state index in [1.807, 2.05) is 6.92 Å². The molecule has 0 bridgehead atoms. The molecule has 3 atom stereocenters. The highest BCUT2D eigenvalue weighted by Gasteiger charge is 2.40. The fourth-order valence-electron chi connectivity index (χ4n) is 2.62. The molecule has 18 heavy (non-hydrogen) atoms. The molecule has 2 heterocycles. The Hall–Kier alpha value is -1.59. The van der Waals surface area contributed by atoms with Crippen LogP contribution in [0.2, 0.25) is 0 Å². The van der Waals surface area contributed by atoms with E-state index in [-0.39, 0.29) is 29.6 Å². The summed E-state index contributed by atoms with van der Waals surface area (Å²) in [7, 11) is 1.36. The third-order valence-corrected chi connectivity index (χ3v) is 3.72. The molecule has 0 saturated carbocycles. The van der Waals surface area contributed by atoms with Crippen LogP contribution in [0, 0.1) is 11.8 Å². The Morgan fingerprint density at radius 1 is 1.39 bits per heavy atom. The molecular weight excluding hydrogens is 236 g/mol. The zero-order chi connectivity index (χ0) is 13.3. The largest absolute Gasteiger partial charge is 0.469 e. The molecule has 0 aromatic carbocycles. The summed E-state index contributed by atoms with van der Waals surface area (Å²) in [5, 5.41) is 2.66. The molecule has 1 N–H and O–H groups in total. The fraction of sp³-hybridized carbons (Fsp3) is 0.750. The van der Waals surface area contributed by atoms with Gasteiger partial charge in [0, 0.05) is 19.5 Å². The van der Waals surface area contributed by atoms with Crippen molar-refractivity contribution in [3.05, 3.63) is 0 Å². The van der Waals surface area contributed by atoms with Crippen LogP contribution in [-0.4, -0.2) is 48.9 Å². The van der Waals surface area contributed by atoms with Crippen LogP contribution in [0.15, 0.2) is 0 Å². The topological polar surface area (TPSA) is 75.7 Å². The first-order valence-corrected chi connectivity index (χ1v) is 6.19. The van der Waals surface area contributed by atoms with Crippen molar-refractivity contribution in [3.63, 3.8) is 0 Å². The van der Waals surface area contributed by atoms with Gasteiger partial charge in [-0.2, -0.15) is 0 Å². The number of esters is 1. The van der Waals surface area contributed by atoms with Gasteiger partial charge < -0.3 is 15.0 Å². The summed E-state index contributed by atoms with van der Waals surface area (Å²) in [6.45, 7) is 2.87. The third kappa shape index (κ3) is 2.32. The van der Waals surface area contributed by atoms with Crippen LogP contribution >= 0.6 is 0 Å². The van der Waals surface area contributed by atoms with Crippen LogP contribution in [0.5, 0.6) is 0 Å². The van der Waals surface area contributed by atoms with Crippen LogP contribution in [0.1, 0.15) is 19.8 Å². The van der Waals surface area contributed by atoms with Crippen LogP contribution in [0.3, 0.4) is 0 Å². The molecule has 2 saturated heterocycles. The number of hydrogen-bond donors (Lipinski definition) is 1. The molecule has 2 aliphatic rings. The quantitative estimate of drug-likeness (QED) is 0.676. The standard InChI is InChI=1S/C12H18N2O4/c1-7-5-14(6-8(7)12(17)18-2)11(16)9-3-4-10(15)13-9/h7-9H,3-6H2,1-2H3,(H,13,15). The normalized spacial score (nSPS) is 31.3. The lowest BCUT2D eigenvalue weighted by Crippen LogP contribution is -2.43. The van der Waals surface area contributed by atoms with Crippen molar-refractivity contribution in [2.75, 3.05) is 20.2 Å². The molecule has 2 rings (SSSR count). The Kier molecular flexibility index (Phi) is 3.54. The first kappa shape index (κ1) is 12.9. The average molecular weight is 254 g/mol. The van der Waals surface area contributed by atoms with E-state index in [2.05, 4.69) is 5.32 Å². The van der Waals surface area contributed by atoms with Gasteiger partial charge in [0.15, 0.2) is 0 Å². The lowest BCUT2D eigenvalue weighted by atomic mass is 9.99. The summed E-state index contributed by atoms with van der Waals surface area (Å²) in [4.78, 5) is 36.4. The Bertz CT molecular complexity index is 382. The summed E-state index contributed by atoms with van der Waals surface area (Å²) in [5.41, 5.74) is 0. The molecule has 0 aromatic heterocycles. The lowest BCUT2D eigenvalue weighted by molar-refractivity contribution is -0.146. The number of hydrogen-bond acceptors (Lipinski definition) is 4. The second-order valence-corrected chi connectivity index (χ2v) is 5.01. The first-order chi connectivity index (χ1) is 8.52. The average Bonchev–Trinajstić information content (AvgIpc) is 2.94. The molecule has 2 amide bonds. The van der Waals surface area contributed by atoms with Crippen molar-refractivity contribution in [2.45, 2.75) is 25.8 Å². The Morgan fingerprint density at radius 3 is 2.67 bits per heavy atom. The maximum Gasteiger partial charge on any atom is 0.310 e. The zero-order valence-electron chi connectivity index (χ0n) is 10.6. The van der Waals surface area contributed by atoms with Crippen molar-refractivity contribution >= 4 is 17.8 Å². The molecule has 0 radical (unpaired) electrons. The van der Waals surface area contributed by atoms with Gasteiger partial charge in [-0.25, -0.2) is 0 Å². The minimum Gasteiger partial charge on any atom is -0.469 e. The monoisotopic (exact) mass is 254 g/mol. The van der Waals surface area contributed by atoms with E-state index in [0.29, 0.717) is 25.9 Å². The predicted octanol–water partition coefficient (Wildman–Crippen LogP) is -0.467. The molecule has 0 aromatic rings. The number of rotatable bonds is 2. The summed E-state index contributed by atoms with van der Waals surface area (Å²) >= 11 is 0. The van der Waals surface area contributed by atoms with E-state index in [1.165, 1.54) is 7.11 Å². The second-order valence-electron chi connectivity index (χ2n) is 5.01. The number of carbonyl (C=O) groups excluding carboxylic acids is 3. The maximum atomic E-state index is 12.2. The van der Waals surface area contributed by atoms with Crippen molar-refractivity contribution in [1.29, 1.82) is 0 Å². The number of ether oxygens (including phenoxy) is 1. The molecule has 2 fully saturated rings. The number of nitrogens with zero attached hydrogens (tertiary/aromatic N) is 1. The highest BCUT2D eigenvalue weighted by molar-refractivity contribution is 5.91. The summed E-state index contributed by atoms with van der Waals surface area (Å²) < 4.78 is 4.73. The van der Waals surface area contributed by atoms with Gasteiger partial charge in [-0.05, 0) is 12.3 Å². The molecule has 3 unspecified atom stereocenters. The highest BCUT2D eigenvalue weighted by atomic mass is 16.5. The predicted molar refractivity (Wildman–Crippen MR) is 62.4 cm³/mol. The second kappa shape index (κ2) is 4.96. The Balaban J connectivity index is 1.97. The maximum absolute atomic E-state index is 12.2. The highest BCUT2D eigenvalue weighted by Crippen LogP contribution is 2.25. The molecule has 6 nitrogen and oxygen atoms in total. The Labute approximate surface area is 106 Å². The smallest absolute Gasteiger partial charge is 0.310 e. The number of likely N-dealkylation sites (tertiary alicyclic amines) is 1. The van der Waals surface area contributed by atoms with Crippen LogP contribution < -0.4 is 5.32 Å². The van der Waals surface area contributed by atoms with Gasteiger partial charge in [-0.1, -0.05) is 6.92 Å². The SMILES string of the molecule is COC(=O)C1CN(C(=O)C2CCC(=O)N2)CC1C. The van der Waals surface area contributed by atoms with Gasteiger partial charge in [0.05, 0.1) is 13.0 Å².